The van der Waals surface area contributed by atoms with E-state index in [-0.39, 0.29) is 11.7 Å². The molecule has 0 aliphatic carbocycles. The molecule has 0 fully saturated rings. The third-order valence-corrected chi connectivity index (χ3v) is 4.73. The number of aromatic nitrogens is 3. The first kappa shape index (κ1) is 18.2. The lowest BCUT2D eigenvalue weighted by Crippen LogP contribution is -2.16. The molecule has 1 amide bonds. The molecule has 0 saturated carbocycles. The Morgan fingerprint density at radius 2 is 2.12 bits per heavy atom. The maximum absolute atomic E-state index is 13.3. The Morgan fingerprint density at radius 3 is 2.85 bits per heavy atom. The number of amides is 1. The molecule has 1 aromatic heterocycles. The molecular weight excluding hydrogens is 377 g/mol. The van der Waals surface area contributed by atoms with E-state index < -0.39 is 5.82 Å². The van der Waals surface area contributed by atoms with Gasteiger partial charge in [-0.15, -0.1) is 10.2 Å². The molecular formula is C17H15ClFN5OS. The molecule has 3 N–H and O–H groups in total. The van der Waals surface area contributed by atoms with E-state index >= 15 is 0 Å². The highest BCUT2D eigenvalue weighted by Gasteiger charge is 2.14. The van der Waals surface area contributed by atoms with Gasteiger partial charge < -0.3 is 11.2 Å². The largest absolute Gasteiger partial charge is 0.335 e. The van der Waals surface area contributed by atoms with Crippen molar-refractivity contribution < 1.29 is 9.18 Å². The molecule has 0 spiro atoms. The first-order valence-corrected chi connectivity index (χ1v) is 8.95. The molecule has 0 saturated heterocycles. The van der Waals surface area contributed by atoms with E-state index in [9.17, 15) is 9.18 Å². The van der Waals surface area contributed by atoms with Gasteiger partial charge in [-0.1, -0.05) is 41.6 Å². The molecule has 6 nitrogen and oxygen atoms in total. The van der Waals surface area contributed by atoms with Crippen LogP contribution in [-0.4, -0.2) is 26.5 Å². The number of rotatable bonds is 5. The van der Waals surface area contributed by atoms with Crippen molar-refractivity contribution >= 4 is 35.0 Å². The fourth-order valence-electron chi connectivity index (χ4n) is 2.24. The number of carbonyl (C=O) groups is 1. The van der Waals surface area contributed by atoms with Crippen LogP contribution in [0.2, 0.25) is 5.02 Å². The summed E-state index contributed by atoms with van der Waals surface area (Å²) < 4.78 is 14.6. The SMILES string of the molecule is Cc1ccc(NC(=O)CSc2nnc(-c3cccc(F)c3)n2N)c(Cl)c1. The number of nitrogens with one attached hydrogen (secondary N) is 1. The van der Waals surface area contributed by atoms with Crippen molar-refractivity contribution in [3.05, 3.63) is 58.9 Å². The fraction of sp³-hybridized carbons (Fsp3) is 0.118. The van der Waals surface area contributed by atoms with Gasteiger partial charge in [-0.2, -0.15) is 0 Å². The maximum Gasteiger partial charge on any atom is 0.234 e. The zero-order valence-electron chi connectivity index (χ0n) is 13.7. The lowest BCUT2D eigenvalue weighted by atomic mass is 10.2. The molecule has 0 atom stereocenters. The average molecular weight is 392 g/mol. The van der Waals surface area contributed by atoms with Gasteiger partial charge >= 0.3 is 0 Å². The minimum absolute atomic E-state index is 0.0721. The van der Waals surface area contributed by atoms with Crippen LogP contribution in [0.3, 0.4) is 0 Å². The van der Waals surface area contributed by atoms with Gasteiger partial charge in [0.2, 0.25) is 11.1 Å². The minimum Gasteiger partial charge on any atom is -0.335 e. The van der Waals surface area contributed by atoms with Crippen molar-refractivity contribution in [3.8, 4) is 11.4 Å². The van der Waals surface area contributed by atoms with Gasteiger partial charge in [-0.3, -0.25) is 4.79 Å². The van der Waals surface area contributed by atoms with Gasteiger partial charge in [0.05, 0.1) is 16.5 Å². The molecule has 0 unspecified atom stereocenters. The van der Waals surface area contributed by atoms with E-state index in [0.29, 0.717) is 27.3 Å². The summed E-state index contributed by atoms with van der Waals surface area (Å²) in [6.45, 7) is 1.91. The number of nitrogens with two attached hydrogens (primary N) is 1. The van der Waals surface area contributed by atoms with Crippen molar-refractivity contribution in [2.24, 2.45) is 0 Å². The van der Waals surface area contributed by atoms with Crippen molar-refractivity contribution in [1.29, 1.82) is 0 Å². The number of benzene rings is 2. The summed E-state index contributed by atoms with van der Waals surface area (Å²) in [6.07, 6.45) is 0. The highest BCUT2D eigenvalue weighted by Crippen LogP contribution is 2.24. The monoisotopic (exact) mass is 391 g/mol. The van der Waals surface area contributed by atoms with E-state index in [0.717, 1.165) is 17.3 Å². The molecule has 0 radical (unpaired) electrons. The molecule has 134 valence electrons. The summed E-state index contributed by atoms with van der Waals surface area (Å²) in [7, 11) is 0. The van der Waals surface area contributed by atoms with Crippen LogP contribution in [0, 0.1) is 12.7 Å². The van der Waals surface area contributed by atoms with Gasteiger partial charge in [0.15, 0.2) is 5.82 Å². The van der Waals surface area contributed by atoms with Crippen LogP contribution in [0.4, 0.5) is 10.1 Å². The number of hydrogen-bond acceptors (Lipinski definition) is 5. The van der Waals surface area contributed by atoms with Crippen molar-refractivity contribution in [2.45, 2.75) is 12.1 Å². The molecule has 1 heterocycles. The molecule has 3 rings (SSSR count). The topological polar surface area (TPSA) is 85.8 Å². The Morgan fingerprint density at radius 1 is 1.31 bits per heavy atom. The normalized spacial score (nSPS) is 10.7. The van der Waals surface area contributed by atoms with Crippen LogP contribution in [-0.2, 0) is 4.79 Å². The fourth-order valence-corrected chi connectivity index (χ4v) is 3.18. The molecule has 26 heavy (non-hydrogen) atoms. The Balaban J connectivity index is 1.66. The van der Waals surface area contributed by atoms with Gasteiger partial charge in [0.25, 0.3) is 0 Å². The predicted octanol–water partition coefficient (Wildman–Crippen LogP) is 3.49. The van der Waals surface area contributed by atoms with Crippen molar-refractivity contribution in [1.82, 2.24) is 14.9 Å². The molecule has 0 aliphatic rings. The minimum atomic E-state index is -0.394. The van der Waals surface area contributed by atoms with Crippen LogP contribution in [0.25, 0.3) is 11.4 Å². The Hall–Kier alpha value is -2.58. The summed E-state index contributed by atoms with van der Waals surface area (Å²) in [5.41, 5.74) is 2.05. The maximum atomic E-state index is 13.3. The second kappa shape index (κ2) is 7.76. The van der Waals surface area contributed by atoms with Crippen LogP contribution < -0.4 is 11.2 Å². The highest BCUT2D eigenvalue weighted by atomic mass is 35.5. The first-order valence-electron chi connectivity index (χ1n) is 7.59. The number of hydrogen-bond donors (Lipinski definition) is 2. The third-order valence-electron chi connectivity index (χ3n) is 3.48. The van der Waals surface area contributed by atoms with E-state index in [1.54, 1.807) is 24.3 Å². The van der Waals surface area contributed by atoms with Crippen LogP contribution in [0.1, 0.15) is 5.56 Å². The highest BCUT2D eigenvalue weighted by molar-refractivity contribution is 7.99. The molecule has 3 aromatic rings. The van der Waals surface area contributed by atoms with Crippen molar-refractivity contribution in [2.75, 3.05) is 16.9 Å². The summed E-state index contributed by atoms with van der Waals surface area (Å²) in [5, 5.41) is 11.5. The summed E-state index contributed by atoms with van der Waals surface area (Å²) in [4.78, 5) is 12.1. The number of halogens is 2. The summed E-state index contributed by atoms with van der Waals surface area (Å²) >= 11 is 7.22. The number of nitrogen functional groups attached to an aromatic ring is 1. The number of thioether (sulfide) groups is 1. The number of nitrogens with zero attached hydrogens (tertiary/aromatic N) is 3. The molecule has 0 aliphatic heterocycles. The van der Waals surface area contributed by atoms with E-state index in [4.69, 9.17) is 17.4 Å². The Kier molecular flexibility index (Phi) is 5.43. The number of anilines is 1. The Bertz CT molecular complexity index is 962. The lowest BCUT2D eigenvalue weighted by molar-refractivity contribution is -0.113. The van der Waals surface area contributed by atoms with E-state index in [1.807, 2.05) is 13.0 Å². The quantitative estimate of drug-likeness (QED) is 0.513. The van der Waals surface area contributed by atoms with Crippen LogP contribution in [0.5, 0.6) is 0 Å². The van der Waals surface area contributed by atoms with Crippen LogP contribution >= 0.6 is 23.4 Å². The summed E-state index contributed by atoms with van der Waals surface area (Å²) in [5.74, 6) is 5.70. The van der Waals surface area contributed by atoms with Gasteiger partial charge in [0.1, 0.15) is 5.82 Å². The average Bonchev–Trinajstić information content (AvgIpc) is 2.96. The van der Waals surface area contributed by atoms with Crippen LogP contribution in [0.15, 0.2) is 47.6 Å². The third kappa shape index (κ3) is 4.14. The molecule has 0 bridgehead atoms. The summed E-state index contributed by atoms with van der Waals surface area (Å²) in [6, 6.07) is 11.3. The second-order valence-corrected chi connectivity index (χ2v) is 6.86. The van der Waals surface area contributed by atoms with Gasteiger partial charge in [0, 0.05) is 5.56 Å². The smallest absolute Gasteiger partial charge is 0.234 e. The number of carbonyl (C=O) groups excluding carboxylic acids is 1. The zero-order chi connectivity index (χ0) is 18.7. The molecule has 9 heteroatoms. The standard InChI is InChI=1S/C17H15ClFN5OS/c1-10-5-6-14(13(18)7-10)21-15(25)9-26-17-23-22-16(24(17)20)11-3-2-4-12(19)8-11/h2-8H,9,20H2,1H3,(H,21,25). The van der Waals surface area contributed by atoms with Gasteiger partial charge in [-0.05, 0) is 36.8 Å². The van der Waals surface area contributed by atoms with Gasteiger partial charge in [-0.25, -0.2) is 9.07 Å². The predicted molar refractivity (Wildman–Crippen MR) is 101 cm³/mol. The first-order chi connectivity index (χ1) is 12.4. The van der Waals surface area contributed by atoms with Crippen molar-refractivity contribution in [3.63, 3.8) is 0 Å². The van der Waals surface area contributed by atoms with E-state index in [2.05, 4.69) is 15.5 Å². The Labute approximate surface area is 158 Å². The second-order valence-electron chi connectivity index (χ2n) is 5.51. The zero-order valence-corrected chi connectivity index (χ0v) is 15.3. The molecule has 2 aromatic carbocycles. The van der Waals surface area contributed by atoms with E-state index in [1.165, 1.54) is 16.8 Å². The number of aryl methyl sites for hydroxylation is 1. The lowest BCUT2D eigenvalue weighted by Gasteiger charge is -2.08.